The molecule has 90 valence electrons. The van der Waals surface area contributed by atoms with Crippen molar-refractivity contribution < 1.29 is 0 Å². The van der Waals surface area contributed by atoms with Gasteiger partial charge in [-0.15, -0.1) is 0 Å². The summed E-state index contributed by atoms with van der Waals surface area (Å²) in [6.07, 6.45) is 6.07. The summed E-state index contributed by atoms with van der Waals surface area (Å²) in [5.41, 5.74) is 2.16. The standard InChI is InChI=1S/C13H16BrN3/c1-3-10(4-2)12-6-5-11(9-15-12)17-8-7-13(14)16-17/h5-10H,3-4H2,1-2H3. The average molecular weight is 294 g/mol. The topological polar surface area (TPSA) is 30.7 Å². The fourth-order valence-electron chi connectivity index (χ4n) is 1.93. The van der Waals surface area contributed by atoms with E-state index in [2.05, 4.69) is 52.0 Å². The number of nitrogens with zero attached hydrogens (tertiary/aromatic N) is 3. The number of halogens is 1. The van der Waals surface area contributed by atoms with Gasteiger partial charge in [-0.3, -0.25) is 4.98 Å². The number of aromatic nitrogens is 3. The van der Waals surface area contributed by atoms with E-state index in [9.17, 15) is 0 Å². The highest BCUT2D eigenvalue weighted by atomic mass is 79.9. The third kappa shape index (κ3) is 2.75. The van der Waals surface area contributed by atoms with Crippen LogP contribution in [0.2, 0.25) is 0 Å². The van der Waals surface area contributed by atoms with Gasteiger partial charge in [-0.2, -0.15) is 5.10 Å². The van der Waals surface area contributed by atoms with Gasteiger partial charge in [0, 0.05) is 17.8 Å². The first-order valence-corrected chi connectivity index (χ1v) is 6.71. The Morgan fingerprint density at radius 1 is 1.24 bits per heavy atom. The van der Waals surface area contributed by atoms with E-state index in [1.807, 2.05) is 23.1 Å². The fraction of sp³-hybridized carbons (Fsp3) is 0.385. The molecule has 0 atom stereocenters. The van der Waals surface area contributed by atoms with E-state index in [-0.39, 0.29) is 0 Å². The first kappa shape index (κ1) is 12.3. The molecule has 2 aromatic rings. The lowest BCUT2D eigenvalue weighted by Crippen LogP contribution is -2.01. The Morgan fingerprint density at radius 2 is 2.00 bits per heavy atom. The van der Waals surface area contributed by atoms with Crippen LogP contribution >= 0.6 is 15.9 Å². The van der Waals surface area contributed by atoms with Crippen molar-refractivity contribution in [2.24, 2.45) is 0 Å². The second-order valence-corrected chi connectivity index (χ2v) is 4.85. The van der Waals surface area contributed by atoms with Crippen LogP contribution in [0.1, 0.15) is 38.3 Å². The molecule has 0 saturated carbocycles. The second kappa shape index (κ2) is 5.45. The van der Waals surface area contributed by atoms with Crippen molar-refractivity contribution >= 4 is 15.9 Å². The molecule has 0 N–H and O–H groups in total. The van der Waals surface area contributed by atoms with E-state index in [1.54, 1.807) is 0 Å². The van der Waals surface area contributed by atoms with E-state index in [0.717, 1.165) is 23.1 Å². The van der Waals surface area contributed by atoms with Crippen molar-refractivity contribution in [1.29, 1.82) is 0 Å². The van der Waals surface area contributed by atoms with Crippen LogP contribution in [-0.2, 0) is 0 Å². The maximum atomic E-state index is 4.53. The van der Waals surface area contributed by atoms with Crippen LogP contribution in [0.25, 0.3) is 5.69 Å². The summed E-state index contributed by atoms with van der Waals surface area (Å²) in [5.74, 6) is 0.563. The van der Waals surface area contributed by atoms with E-state index >= 15 is 0 Å². The maximum Gasteiger partial charge on any atom is 0.128 e. The van der Waals surface area contributed by atoms with Gasteiger partial charge >= 0.3 is 0 Å². The van der Waals surface area contributed by atoms with Gasteiger partial charge < -0.3 is 0 Å². The molecule has 0 amide bonds. The molecule has 0 bridgehead atoms. The van der Waals surface area contributed by atoms with Crippen molar-refractivity contribution in [3.05, 3.63) is 40.9 Å². The normalized spacial score (nSPS) is 11.1. The molecule has 0 aliphatic heterocycles. The Hall–Kier alpha value is -1.16. The molecule has 3 nitrogen and oxygen atoms in total. The largest absolute Gasteiger partial charge is 0.259 e. The van der Waals surface area contributed by atoms with E-state index < -0.39 is 0 Å². The molecule has 0 spiro atoms. The smallest absolute Gasteiger partial charge is 0.128 e. The molecule has 2 aromatic heterocycles. The Balaban J connectivity index is 2.23. The van der Waals surface area contributed by atoms with E-state index in [1.165, 1.54) is 5.69 Å². The quantitative estimate of drug-likeness (QED) is 0.855. The minimum atomic E-state index is 0.563. The third-order valence-electron chi connectivity index (χ3n) is 3.00. The number of rotatable bonds is 4. The zero-order valence-corrected chi connectivity index (χ0v) is 11.7. The fourth-order valence-corrected chi connectivity index (χ4v) is 2.22. The predicted molar refractivity (Wildman–Crippen MR) is 72.4 cm³/mol. The maximum absolute atomic E-state index is 4.53. The van der Waals surface area contributed by atoms with Gasteiger partial charge in [0.25, 0.3) is 0 Å². The van der Waals surface area contributed by atoms with Crippen LogP contribution < -0.4 is 0 Å². The summed E-state index contributed by atoms with van der Waals surface area (Å²) in [5, 5.41) is 4.29. The van der Waals surface area contributed by atoms with Crippen LogP contribution in [0.3, 0.4) is 0 Å². The van der Waals surface area contributed by atoms with Gasteiger partial charge in [-0.25, -0.2) is 4.68 Å². The number of hydrogen-bond acceptors (Lipinski definition) is 2. The van der Waals surface area contributed by atoms with Crippen LogP contribution in [-0.4, -0.2) is 14.8 Å². The highest BCUT2D eigenvalue weighted by Crippen LogP contribution is 2.21. The zero-order chi connectivity index (χ0) is 12.3. The molecule has 4 heteroatoms. The van der Waals surface area contributed by atoms with Gasteiger partial charge in [0.2, 0.25) is 0 Å². The molecule has 0 radical (unpaired) electrons. The molecule has 2 rings (SSSR count). The molecule has 0 aliphatic rings. The highest BCUT2D eigenvalue weighted by molar-refractivity contribution is 9.10. The Bertz CT molecular complexity index is 472. The highest BCUT2D eigenvalue weighted by Gasteiger charge is 2.08. The predicted octanol–water partition coefficient (Wildman–Crippen LogP) is 3.93. The number of hydrogen-bond donors (Lipinski definition) is 0. The lowest BCUT2D eigenvalue weighted by Gasteiger charge is -2.11. The molecular formula is C13H16BrN3. The SMILES string of the molecule is CCC(CC)c1ccc(-n2ccc(Br)n2)cn1. The van der Waals surface area contributed by atoms with Crippen molar-refractivity contribution in [3.8, 4) is 5.69 Å². The monoisotopic (exact) mass is 293 g/mol. The molecular weight excluding hydrogens is 278 g/mol. The van der Waals surface area contributed by atoms with Crippen molar-refractivity contribution in [2.75, 3.05) is 0 Å². The van der Waals surface area contributed by atoms with Crippen LogP contribution in [0.4, 0.5) is 0 Å². The zero-order valence-electron chi connectivity index (χ0n) is 10.1. The summed E-state index contributed by atoms with van der Waals surface area (Å²) < 4.78 is 2.65. The Morgan fingerprint density at radius 3 is 2.47 bits per heavy atom. The van der Waals surface area contributed by atoms with Crippen molar-refractivity contribution in [1.82, 2.24) is 14.8 Å². The van der Waals surface area contributed by atoms with Crippen LogP contribution in [0.15, 0.2) is 35.2 Å². The van der Waals surface area contributed by atoms with Gasteiger partial charge in [0.1, 0.15) is 4.60 Å². The van der Waals surface area contributed by atoms with Gasteiger partial charge in [0.15, 0.2) is 0 Å². The van der Waals surface area contributed by atoms with Crippen LogP contribution in [0.5, 0.6) is 0 Å². The van der Waals surface area contributed by atoms with Gasteiger partial charge in [-0.1, -0.05) is 13.8 Å². The third-order valence-corrected chi connectivity index (χ3v) is 3.42. The first-order valence-electron chi connectivity index (χ1n) is 5.92. The van der Waals surface area contributed by atoms with Gasteiger partial charge in [0.05, 0.1) is 11.9 Å². The van der Waals surface area contributed by atoms with E-state index in [4.69, 9.17) is 0 Å². The molecule has 0 aliphatic carbocycles. The van der Waals surface area contributed by atoms with Crippen LogP contribution in [0, 0.1) is 0 Å². The van der Waals surface area contributed by atoms with Crippen molar-refractivity contribution in [3.63, 3.8) is 0 Å². The van der Waals surface area contributed by atoms with Crippen molar-refractivity contribution in [2.45, 2.75) is 32.6 Å². The molecule has 2 heterocycles. The molecule has 17 heavy (non-hydrogen) atoms. The lowest BCUT2D eigenvalue weighted by atomic mass is 9.99. The summed E-state index contributed by atoms with van der Waals surface area (Å²) in [6.45, 7) is 4.41. The second-order valence-electron chi connectivity index (χ2n) is 4.04. The Labute approximate surface area is 110 Å². The first-order chi connectivity index (χ1) is 8.24. The Kier molecular flexibility index (Phi) is 3.94. The number of pyridine rings is 1. The summed E-state index contributed by atoms with van der Waals surface area (Å²) >= 11 is 3.34. The van der Waals surface area contributed by atoms with Gasteiger partial charge in [-0.05, 0) is 47.0 Å². The molecule has 0 fully saturated rings. The summed E-state index contributed by atoms with van der Waals surface area (Å²) in [7, 11) is 0. The summed E-state index contributed by atoms with van der Waals surface area (Å²) in [4.78, 5) is 4.53. The molecule has 0 aromatic carbocycles. The summed E-state index contributed by atoms with van der Waals surface area (Å²) in [6, 6.07) is 6.08. The van der Waals surface area contributed by atoms with E-state index in [0.29, 0.717) is 5.92 Å². The molecule has 0 saturated heterocycles. The molecule has 0 unspecified atom stereocenters. The minimum absolute atomic E-state index is 0.563. The lowest BCUT2D eigenvalue weighted by molar-refractivity contribution is 0.622. The average Bonchev–Trinajstić information content (AvgIpc) is 2.78. The minimum Gasteiger partial charge on any atom is -0.259 e.